The zero-order valence-electron chi connectivity index (χ0n) is 10.1. The molecule has 1 aliphatic rings. The summed E-state index contributed by atoms with van der Waals surface area (Å²) in [6.07, 6.45) is 0. The van der Waals surface area contributed by atoms with E-state index in [2.05, 4.69) is 28.1 Å². The van der Waals surface area contributed by atoms with Crippen LogP contribution in [0.5, 0.6) is 0 Å². The van der Waals surface area contributed by atoms with Crippen molar-refractivity contribution in [1.29, 1.82) is 0 Å². The van der Waals surface area contributed by atoms with Crippen LogP contribution < -0.4 is 5.73 Å². The SMILES string of the molecule is NC1=Nc2ccccc2CN1Cc1ccccc1. The van der Waals surface area contributed by atoms with E-state index in [1.54, 1.807) is 0 Å². The lowest BCUT2D eigenvalue weighted by Crippen LogP contribution is -2.38. The van der Waals surface area contributed by atoms with Crippen molar-refractivity contribution in [3.05, 3.63) is 65.7 Å². The molecule has 0 spiro atoms. The normalized spacial score (nSPS) is 14.0. The van der Waals surface area contributed by atoms with Crippen molar-refractivity contribution in [2.45, 2.75) is 13.1 Å². The van der Waals surface area contributed by atoms with Gasteiger partial charge in [-0.1, -0.05) is 48.5 Å². The van der Waals surface area contributed by atoms with Crippen LogP contribution in [0.2, 0.25) is 0 Å². The standard InChI is InChI=1S/C15H15N3/c16-15-17-14-9-5-4-8-13(14)11-18(15)10-12-6-2-1-3-7-12/h1-9H,10-11H2,(H2,16,17). The van der Waals surface area contributed by atoms with E-state index >= 15 is 0 Å². The summed E-state index contributed by atoms with van der Waals surface area (Å²) in [4.78, 5) is 6.54. The molecule has 18 heavy (non-hydrogen) atoms. The lowest BCUT2D eigenvalue weighted by atomic mass is 10.1. The Bertz CT molecular complexity index is 575. The Hall–Kier alpha value is -2.29. The highest BCUT2D eigenvalue weighted by molar-refractivity contribution is 5.83. The Labute approximate surface area is 107 Å². The molecule has 2 N–H and O–H groups in total. The van der Waals surface area contributed by atoms with Crippen LogP contribution in [-0.4, -0.2) is 10.9 Å². The van der Waals surface area contributed by atoms with Crippen LogP contribution in [0.1, 0.15) is 11.1 Å². The van der Waals surface area contributed by atoms with Crippen LogP contribution in [0.4, 0.5) is 5.69 Å². The first-order chi connectivity index (χ1) is 8.83. The maximum absolute atomic E-state index is 6.02. The van der Waals surface area contributed by atoms with Crippen LogP contribution >= 0.6 is 0 Å². The summed E-state index contributed by atoms with van der Waals surface area (Å²) < 4.78 is 0. The fourth-order valence-electron chi connectivity index (χ4n) is 2.18. The first kappa shape index (κ1) is 10.8. The number of benzene rings is 2. The molecule has 0 aliphatic carbocycles. The molecule has 0 aromatic heterocycles. The first-order valence-corrected chi connectivity index (χ1v) is 6.04. The number of hydrogen-bond donors (Lipinski definition) is 1. The molecule has 0 unspecified atom stereocenters. The number of aliphatic imine (C=N–C) groups is 1. The van der Waals surface area contributed by atoms with Gasteiger partial charge in [0.25, 0.3) is 0 Å². The highest BCUT2D eigenvalue weighted by atomic mass is 15.3. The second-order valence-corrected chi connectivity index (χ2v) is 4.44. The molecule has 0 atom stereocenters. The van der Waals surface area contributed by atoms with Crippen molar-refractivity contribution in [2.24, 2.45) is 10.7 Å². The molecule has 90 valence electrons. The monoisotopic (exact) mass is 237 g/mol. The summed E-state index contributed by atoms with van der Waals surface area (Å²) in [5.74, 6) is 0.595. The van der Waals surface area contributed by atoms with Gasteiger partial charge in [0, 0.05) is 13.1 Å². The van der Waals surface area contributed by atoms with Gasteiger partial charge in [-0.05, 0) is 17.2 Å². The van der Waals surface area contributed by atoms with Crippen molar-refractivity contribution in [1.82, 2.24) is 4.90 Å². The molecule has 0 saturated carbocycles. The molecule has 3 nitrogen and oxygen atoms in total. The highest BCUT2D eigenvalue weighted by Crippen LogP contribution is 2.25. The average molecular weight is 237 g/mol. The third kappa shape index (κ3) is 2.07. The van der Waals surface area contributed by atoms with E-state index in [1.807, 2.05) is 36.4 Å². The Balaban J connectivity index is 1.85. The highest BCUT2D eigenvalue weighted by Gasteiger charge is 2.16. The summed E-state index contributed by atoms with van der Waals surface area (Å²) in [6, 6.07) is 18.4. The van der Waals surface area contributed by atoms with Crippen molar-refractivity contribution in [3.63, 3.8) is 0 Å². The van der Waals surface area contributed by atoms with Crippen LogP contribution in [-0.2, 0) is 13.1 Å². The first-order valence-electron chi connectivity index (χ1n) is 6.04. The zero-order valence-corrected chi connectivity index (χ0v) is 10.1. The molecular formula is C15H15N3. The van der Waals surface area contributed by atoms with E-state index in [4.69, 9.17) is 5.73 Å². The average Bonchev–Trinajstić information content (AvgIpc) is 2.41. The molecule has 3 heteroatoms. The van der Waals surface area contributed by atoms with Gasteiger partial charge in [-0.3, -0.25) is 0 Å². The van der Waals surface area contributed by atoms with E-state index < -0.39 is 0 Å². The van der Waals surface area contributed by atoms with E-state index in [1.165, 1.54) is 11.1 Å². The van der Waals surface area contributed by atoms with Gasteiger partial charge in [0.05, 0.1) is 5.69 Å². The van der Waals surface area contributed by atoms with Crippen molar-refractivity contribution >= 4 is 11.6 Å². The lowest BCUT2D eigenvalue weighted by Gasteiger charge is -2.28. The molecule has 0 amide bonds. The molecule has 2 aromatic rings. The van der Waals surface area contributed by atoms with Gasteiger partial charge in [0.1, 0.15) is 0 Å². The molecule has 2 aromatic carbocycles. The third-order valence-corrected chi connectivity index (χ3v) is 3.13. The Kier molecular flexibility index (Phi) is 2.73. The summed E-state index contributed by atoms with van der Waals surface area (Å²) >= 11 is 0. The van der Waals surface area contributed by atoms with Crippen LogP contribution in [0.15, 0.2) is 59.6 Å². The number of fused-ring (bicyclic) bond motifs is 1. The third-order valence-electron chi connectivity index (χ3n) is 3.13. The fourth-order valence-corrected chi connectivity index (χ4v) is 2.18. The van der Waals surface area contributed by atoms with E-state index in [0.29, 0.717) is 5.96 Å². The quantitative estimate of drug-likeness (QED) is 0.872. The molecule has 1 aliphatic heterocycles. The van der Waals surface area contributed by atoms with Gasteiger partial charge >= 0.3 is 0 Å². The molecule has 0 bridgehead atoms. The van der Waals surface area contributed by atoms with Crippen molar-refractivity contribution < 1.29 is 0 Å². The molecule has 0 fully saturated rings. The second-order valence-electron chi connectivity index (χ2n) is 4.44. The molecular weight excluding hydrogens is 222 g/mol. The molecule has 3 rings (SSSR count). The summed E-state index contributed by atoms with van der Waals surface area (Å²) in [6.45, 7) is 1.62. The smallest absolute Gasteiger partial charge is 0.197 e. The number of guanidine groups is 1. The predicted molar refractivity (Wildman–Crippen MR) is 73.4 cm³/mol. The molecule has 1 heterocycles. The van der Waals surface area contributed by atoms with Crippen molar-refractivity contribution in [2.75, 3.05) is 0 Å². The zero-order chi connectivity index (χ0) is 12.4. The Morgan fingerprint density at radius 2 is 1.72 bits per heavy atom. The van der Waals surface area contributed by atoms with E-state index in [-0.39, 0.29) is 0 Å². The van der Waals surface area contributed by atoms with Gasteiger partial charge in [-0.25, -0.2) is 4.99 Å². The van der Waals surface area contributed by atoms with Gasteiger partial charge in [0.15, 0.2) is 5.96 Å². The molecule has 0 radical (unpaired) electrons. The number of nitrogens with zero attached hydrogens (tertiary/aromatic N) is 2. The maximum Gasteiger partial charge on any atom is 0.197 e. The maximum atomic E-state index is 6.02. The number of rotatable bonds is 2. The summed E-state index contributed by atoms with van der Waals surface area (Å²) in [5.41, 5.74) is 9.47. The predicted octanol–water partition coefficient (Wildman–Crippen LogP) is 2.65. The van der Waals surface area contributed by atoms with Crippen LogP contribution in [0.3, 0.4) is 0 Å². The summed E-state index contributed by atoms with van der Waals surface area (Å²) in [7, 11) is 0. The summed E-state index contributed by atoms with van der Waals surface area (Å²) in [5, 5.41) is 0. The number of nitrogens with two attached hydrogens (primary N) is 1. The van der Waals surface area contributed by atoms with Gasteiger partial charge in [-0.15, -0.1) is 0 Å². The topological polar surface area (TPSA) is 41.6 Å². The van der Waals surface area contributed by atoms with Gasteiger partial charge in [0.2, 0.25) is 0 Å². The van der Waals surface area contributed by atoms with Crippen molar-refractivity contribution in [3.8, 4) is 0 Å². The van der Waals surface area contributed by atoms with Gasteiger partial charge in [-0.2, -0.15) is 0 Å². The minimum atomic E-state index is 0.595. The second kappa shape index (κ2) is 4.53. The largest absolute Gasteiger partial charge is 0.369 e. The number of hydrogen-bond acceptors (Lipinski definition) is 3. The van der Waals surface area contributed by atoms with Gasteiger partial charge < -0.3 is 10.6 Å². The van der Waals surface area contributed by atoms with E-state index in [9.17, 15) is 0 Å². The minimum Gasteiger partial charge on any atom is -0.369 e. The Morgan fingerprint density at radius 3 is 2.56 bits per heavy atom. The minimum absolute atomic E-state index is 0.595. The Morgan fingerprint density at radius 1 is 1.00 bits per heavy atom. The van der Waals surface area contributed by atoms with Crippen LogP contribution in [0, 0.1) is 0 Å². The lowest BCUT2D eigenvalue weighted by molar-refractivity contribution is 0.396. The van der Waals surface area contributed by atoms with Crippen LogP contribution in [0.25, 0.3) is 0 Å². The number of para-hydroxylation sites is 1. The molecule has 0 saturated heterocycles. The van der Waals surface area contributed by atoms with E-state index in [0.717, 1.165) is 18.8 Å². The fraction of sp³-hybridized carbons (Fsp3) is 0.133.